The van der Waals surface area contributed by atoms with E-state index in [9.17, 15) is 27.6 Å². The number of aromatic carboxylic acids is 1. The van der Waals surface area contributed by atoms with Gasteiger partial charge in [0.2, 0.25) is 5.91 Å². The fourth-order valence-corrected chi connectivity index (χ4v) is 4.22. The Kier molecular flexibility index (Phi) is 8.40. The quantitative estimate of drug-likeness (QED) is 0.247. The standard InChI is InChI=1S/C27H22ClF3N4O5/c1-40-9-8-18(25(37)34-17-5-2-15(3-6-17)26(38)39)20-12-32-21(11-23(20)36)19-10-16(28)4-7-22(19)35-13-24(33-14-35)27(29,30)31/h2-7,10-14,18H,8-9H2,1H3,(H,32,36)(H,34,37)(H,38,39). The zero-order valence-corrected chi connectivity index (χ0v) is 21.6. The van der Waals surface area contributed by atoms with Crippen LogP contribution in [0.1, 0.15) is 34.0 Å². The lowest BCUT2D eigenvalue weighted by atomic mass is 9.95. The molecule has 0 fully saturated rings. The average molecular weight is 575 g/mol. The number of methoxy groups -OCH3 is 1. The summed E-state index contributed by atoms with van der Waals surface area (Å²) in [5, 5.41) is 12.0. The second kappa shape index (κ2) is 11.8. The molecule has 0 aliphatic carbocycles. The fourth-order valence-electron chi connectivity index (χ4n) is 4.05. The minimum absolute atomic E-state index is 0.0478. The van der Waals surface area contributed by atoms with E-state index in [1.54, 1.807) is 0 Å². The van der Waals surface area contributed by atoms with Gasteiger partial charge in [-0.25, -0.2) is 9.78 Å². The zero-order chi connectivity index (χ0) is 29.0. The van der Waals surface area contributed by atoms with Gasteiger partial charge in [-0.2, -0.15) is 13.2 Å². The number of pyridine rings is 1. The Hall–Kier alpha value is -4.42. The first-order valence-corrected chi connectivity index (χ1v) is 12.1. The minimum Gasteiger partial charge on any atom is -0.478 e. The molecular formula is C27H22ClF3N4O5. The molecule has 208 valence electrons. The molecule has 2 aromatic heterocycles. The van der Waals surface area contributed by atoms with Crippen molar-refractivity contribution >= 4 is 29.2 Å². The molecule has 0 aliphatic rings. The second-order valence-corrected chi connectivity index (χ2v) is 9.13. The van der Waals surface area contributed by atoms with Gasteiger partial charge < -0.3 is 24.7 Å². The molecular weight excluding hydrogens is 553 g/mol. The molecule has 1 atom stereocenters. The molecule has 0 saturated heterocycles. The lowest BCUT2D eigenvalue weighted by Crippen LogP contribution is -2.27. The number of halogens is 4. The lowest BCUT2D eigenvalue weighted by molar-refractivity contribution is -0.140. The number of rotatable bonds is 9. The van der Waals surface area contributed by atoms with Crippen LogP contribution in [0.25, 0.3) is 16.9 Å². The summed E-state index contributed by atoms with van der Waals surface area (Å²) < 4.78 is 45.6. The highest BCUT2D eigenvalue weighted by Crippen LogP contribution is 2.32. The van der Waals surface area contributed by atoms with Crippen molar-refractivity contribution in [1.29, 1.82) is 0 Å². The molecule has 0 radical (unpaired) electrons. The van der Waals surface area contributed by atoms with Crippen LogP contribution in [0.2, 0.25) is 5.02 Å². The zero-order valence-electron chi connectivity index (χ0n) is 20.8. The third-order valence-electron chi connectivity index (χ3n) is 6.05. The first-order valence-electron chi connectivity index (χ1n) is 11.7. The topological polar surface area (TPSA) is 126 Å². The van der Waals surface area contributed by atoms with E-state index < -0.39 is 35.1 Å². The number of aromatic nitrogens is 3. The van der Waals surface area contributed by atoms with Gasteiger partial charge in [0, 0.05) is 54.0 Å². The molecule has 4 rings (SSSR count). The highest BCUT2D eigenvalue weighted by Gasteiger charge is 2.33. The molecule has 4 aromatic rings. The van der Waals surface area contributed by atoms with Crippen LogP contribution in [0.5, 0.6) is 0 Å². The average Bonchev–Trinajstić information content (AvgIpc) is 3.41. The number of benzene rings is 2. The Balaban J connectivity index is 1.67. The highest BCUT2D eigenvalue weighted by atomic mass is 35.5. The number of hydrogen-bond donors (Lipinski definition) is 3. The van der Waals surface area contributed by atoms with Crippen molar-refractivity contribution in [3.63, 3.8) is 0 Å². The molecule has 3 N–H and O–H groups in total. The van der Waals surface area contributed by atoms with Crippen molar-refractivity contribution in [3.05, 3.63) is 99.3 Å². The van der Waals surface area contributed by atoms with E-state index in [4.69, 9.17) is 21.4 Å². The summed E-state index contributed by atoms with van der Waals surface area (Å²) in [5.41, 5.74) is -0.192. The van der Waals surface area contributed by atoms with E-state index in [0.717, 1.165) is 12.5 Å². The normalized spacial score (nSPS) is 12.2. The number of anilines is 1. The van der Waals surface area contributed by atoms with Crippen molar-refractivity contribution in [1.82, 2.24) is 14.5 Å². The van der Waals surface area contributed by atoms with E-state index in [1.165, 1.54) is 66.4 Å². The van der Waals surface area contributed by atoms with Gasteiger partial charge in [-0.1, -0.05) is 11.6 Å². The number of hydrogen-bond acceptors (Lipinski definition) is 5. The molecule has 0 aliphatic heterocycles. The number of nitrogens with one attached hydrogen (secondary N) is 2. The van der Waals surface area contributed by atoms with E-state index in [0.29, 0.717) is 11.3 Å². The van der Waals surface area contributed by atoms with Crippen LogP contribution < -0.4 is 10.7 Å². The van der Waals surface area contributed by atoms with E-state index in [1.807, 2.05) is 0 Å². The van der Waals surface area contributed by atoms with Crippen LogP contribution in [0.3, 0.4) is 0 Å². The Labute approximate surface area is 230 Å². The Morgan fingerprint density at radius 3 is 2.50 bits per heavy atom. The highest BCUT2D eigenvalue weighted by molar-refractivity contribution is 6.31. The summed E-state index contributed by atoms with van der Waals surface area (Å²) in [6, 6.07) is 11.3. The number of H-pyrrole nitrogens is 1. The van der Waals surface area contributed by atoms with Crippen LogP contribution in [0.15, 0.2) is 72.0 Å². The number of carbonyl (C=O) groups is 2. The number of carboxylic acid groups (broad SMARTS) is 1. The summed E-state index contributed by atoms with van der Waals surface area (Å²) in [7, 11) is 1.45. The van der Waals surface area contributed by atoms with Gasteiger partial charge in [0.05, 0.1) is 29.2 Å². The van der Waals surface area contributed by atoms with Crippen molar-refractivity contribution in [3.8, 4) is 16.9 Å². The maximum absolute atomic E-state index is 13.3. The number of alkyl halides is 3. The van der Waals surface area contributed by atoms with Gasteiger partial charge in [-0.3, -0.25) is 9.59 Å². The van der Waals surface area contributed by atoms with Crippen LogP contribution in [0, 0.1) is 0 Å². The molecule has 2 heterocycles. The van der Waals surface area contributed by atoms with Gasteiger partial charge in [0.15, 0.2) is 11.1 Å². The van der Waals surface area contributed by atoms with Crippen molar-refractivity contribution < 1.29 is 32.6 Å². The SMILES string of the molecule is COCCC(C(=O)Nc1ccc(C(=O)O)cc1)c1c[nH]c(-c2cc(Cl)ccc2-n2cnc(C(F)(F)F)c2)cc1=O. The monoisotopic (exact) mass is 574 g/mol. The molecule has 1 unspecified atom stereocenters. The number of carbonyl (C=O) groups excluding carboxylic acids is 1. The fraction of sp³-hybridized carbons (Fsp3) is 0.185. The van der Waals surface area contributed by atoms with Gasteiger partial charge in [0.1, 0.15) is 0 Å². The molecule has 1 amide bonds. The number of ether oxygens (including phenoxy) is 1. The summed E-state index contributed by atoms with van der Waals surface area (Å²) in [6.07, 6.45) is -1.27. The first kappa shape index (κ1) is 28.6. The van der Waals surface area contributed by atoms with Crippen molar-refractivity contribution in [2.24, 2.45) is 0 Å². The molecule has 9 nitrogen and oxygen atoms in total. The maximum atomic E-state index is 13.3. The summed E-state index contributed by atoms with van der Waals surface area (Å²) >= 11 is 6.16. The second-order valence-electron chi connectivity index (χ2n) is 8.70. The van der Waals surface area contributed by atoms with E-state index in [2.05, 4.69) is 15.3 Å². The minimum atomic E-state index is -4.64. The molecule has 0 saturated carbocycles. The van der Waals surface area contributed by atoms with Gasteiger partial charge in [-0.15, -0.1) is 0 Å². The predicted molar refractivity (Wildman–Crippen MR) is 141 cm³/mol. The van der Waals surface area contributed by atoms with Gasteiger partial charge in [-0.05, 0) is 48.9 Å². The molecule has 2 aromatic carbocycles. The van der Waals surface area contributed by atoms with E-state index >= 15 is 0 Å². The van der Waals surface area contributed by atoms with Crippen LogP contribution in [-0.2, 0) is 15.7 Å². The third-order valence-corrected chi connectivity index (χ3v) is 6.28. The number of imidazole rings is 1. The Bertz CT molecular complexity index is 1600. The molecule has 0 bridgehead atoms. The van der Waals surface area contributed by atoms with E-state index in [-0.39, 0.29) is 40.6 Å². The lowest BCUT2D eigenvalue weighted by Gasteiger charge is -2.17. The molecule has 0 spiro atoms. The predicted octanol–water partition coefficient (Wildman–Crippen LogP) is 5.36. The number of aromatic amines is 1. The smallest absolute Gasteiger partial charge is 0.434 e. The van der Waals surface area contributed by atoms with Crippen LogP contribution in [-0.4, -0.2) is 45.2 Å². The Morgan fingerprint density at radius 2 is 1.90 bits per heavy atom. The maximum Gasteiger partial charge on any atom is 0.434 e. The summed E-state index contributed by atoms with van der Waals surface area (Å²) in [4.78, 5) is 43.9. The summed E-state index contributed by atoms with van der Waals surface area (Å²) in [5.74, 6) is -2.56. The summed E-state index contributed by atoms with van der Waals surface area (Å²) in [6.45, 7) is 0.165. The van der Waals surface area contributed by atoms with Crippen molar-refractivity contribution in [2.45, 2.75) is 18.5 Å². The van der Waals surface area contributed by atoms with Crippen molar-refractivity contribution in [2.75, 3.05) is 19.0 Å². The number of nitrogens with zero attached hydrogens (tertiary/aromatic N) is 2. The van der Waals surface area contributed by atoms with Crippen LogP contribution in [0.4, 0.5) is 18.9 Å². The third kappa shape index (κ3) is 6.41. The first-order chi connectivity index (χ1) is 19.0. The number of amides is 1. The van der Waals surface area contributed by atoms with Gasteiger partial charge in [0.25, 0.3) is 0 Å². The number of carboxylic acids is 1. The largest absolute Gasteiger partial charge is 0.478 e. The van der Waals surface area contributed by atoms with Crippen LogP contribution >= 0.6 is 11.6 Å². The van der Waals surface area contributed by atoms with Gasteiger partial charge >= 0.3 is 12.1 Å². The Morgan fingerprint density at radius 1 is 1.18 bits per heavy atom. The molecule has 40 heavy (non-hydrogen) atoms. The molecule has 13 heteroatoms.